The third-order valence-electron chi connectivity index (χ3n) is 5.46. The Kier molecular flexibility index (Phi) is 5.06. The topological polar surface area (TPSA) is 134 Å². The molecule has 0 bridgehead atoms. The molecule has 4 rings (SSSR count). The van der Waals surface area contributed by atoms with Crippen LogP contribution in [-0.2, 0) is 20.3 Å². The molecular weight excluding hydrogens is 429 g/mol. The summed E-state index contributed by atoms with van der Waals surface area (Å²) >= 11 is 0. The fourth-order valence-corrected chi connectivity index (χ4v) is 5.43. The lowest BCUT2D eigenvalue weighted by Gasteiger charge is -2.43. The Hall–Kier alpha value is -3.25. The third kappa shape index (κ3) is 3.37. The van der Waals surface area contributed by atoms with Gasteiger partial charge in [0.1, 0.15) is 28.0 Å². The third-order valence-corrected chi connectivity index (χ3v) is 7.66. The molecule has 31 heavy (non-hydrogen) atoms. The number of benzene rings is 1. The number of guanidine groups is 1. The summed E-state index contributed by atoms with van der Waals surface area (Å²) < 4.78 is 51.8. The lowest BCUT2D eigenvalue weighted by Crippen LogP contribution is -2.67. The summed E-state index contributed by atoms with van der Waals surface area (Å²) in [5, 5.41) is 12.3. The molecule has 2 aliphatic rings. The molecule has 0 radical (unpaired) electrons. The molecule has 0 aliphatic carbocycles. The van der Waals surface area contributed by atoms with Gasteiger partial charge in [-0.3, -0.25) is 10.2 Å². The van der Waals surface area contributed by atoms with Crippen LogP contribution in [0.3, 0.4) is 0 Å². The van der Waals surface area contributed by atoms with Crippen molar-refractivity contribution < 1.29 is 27.1 Å². The zero-order valence-corrected chi connectivity index (χ0v) is 17.5. The number of pyridine rings is 1. The number of fused-ring (bicyclic) bond motifs is 1. The monoisotopic (exact) mass is 449 g/mol. The standard InChI is InChI=1S/C19H20FN5O5S/c1-25-18(21)24-19(10-30-9-16(19)31(25,27)28)13-7-11(3-5-14(13)20)23-17(26)15-6-4-12(29-2)8-22-15/h3-8,16H,9-10H2,1-2H3,(H2,21,24)(H,23,26)/t16-,19-/m1/s1. The van der Waals surface area contributed by atoms with Crippen LogP contribution in [0, 0.1) is 11.2 Å². The van der Waals surface area contributed by atoms with Gasteiger partial charge in [0.25, 0.3) is 5.91 Å². The first-order valence-corrected chi connectivity index (χ1v) is 10.7. The van der Waals surface area contributed by atoms with Gasteiger partial charge >= 0.3 is 0 Å². The highest BCUT2D eigenvalue weighted by Crippen LogP contribution is 2.41. The molecule has 1 amide bonds. The number of methoxy groups -OCH3 is 1. The molecule has 2 saturated heterocycles. The van der Waals surface area contributed by atoms with E-state index >= 15 is 0 Å². The maximum absolute atomic E-state index is 14.9. The van der Waals surface area contributed by atoms with E-state index in [1.54, 1.807) is 6.07 Å². The first-order valence-electron chi connectivity index (χ1n) is 9.22. The molecule has 2 atom stereocenters. The van der Waals surface area contributed by atoms with E-state index in [0.29, 0.717) is 5.75 Å². The maximum atomic E-state index is 14.9. The number of sulfonamides is 1. The van der Waals surface area contributed by atoms with E-state index in [1.165, 1.54) is 38.6 Å². The Balaban J connectivity index is 1.69. The van der Waals surface area contributed by atoms with Crippen molar-refractivity contribution >= 4 is 27.6 Å². The average molecular weight is 449 g/mol. The fraction of sp³-hybridized carbons (Fsp3) is 0.316. The number of carbonyl (C=O) groups is 1. The Bertz CT molecular complexity index is 1160. The molecule has 12 heteroatoms. The van der Waals surface area contributed by atoms with Crippen molar-refractivity contribution in [1.82, 2.24) is 14.6 Å². The van der Waals surface area contributed by atoms with Crippen molar-refractivity contribution in [3.05, 3.63) is 53.6 Å². The van der Waals surface area contributed by atoms with Crippen LogP contribution in [0.2, 0.25) is 0 Å². The van der Waals surface area contributed by atoms with E-state index in [9.17, 15) is 17.6 Å². The van der Waals surface area contributed by atoms with Crippen LogP contribution in [-0.4, -0.2) is 62.2 Å². The highest BCUT2D eigenvalue weighted by molar-refractivity contribution is 7.90. The van der Waals surface area contributed by atoms with Crippen molar-refractivity contribution in [2.75, 3.05) is 32.7 Å². The van der Waals surface area contributed by atoms with Gasteiger partial charge in [-0.2, -0.15) is 0 Å². The molecule has 1 aromatic heterocycles. The molecule has 10 nitrogen and oxygen atoms in total. The number of anilines is 1. The summed E-state index contributed by atoms with van der Waals surface area (Å²) in [4.78, 5) is 16.5. The molecule has 3 heterocycles. The van der Waals surface area contributed by atoms with Crippen LogP contribution in [0.15, 0.2) is 36.5 Å². The number of nitrogens with one attached hydrogen (secondary N) is 3. The Morgan fingerprint density at radius 2 is 2.19 bits per heavy atom. The first-order chi connectivity index (χ1) is 14.7. The molecule has 1 aromatic carbocycles. The molecule has 3 N–H and O–H groups in total. The van der Waals surface area contributed by atoms with Crippen molar-refractivity contribution in [3.63, 3.8) is 0 Å². The predicted molar refractivity (Wildman–Crippen MR) is 109 cm³/mol. The summed E-state index contributed by atoms with van der Waals surface area (Å²) in [5.74, 6) is -1.12. The lowest BCUT2D eigenvalue weighted by atomic mass is 9.87. The molecule has 0 spiro atoms. The molecule has 2 aromatic rings. The number of hydrogen-bond acceptors (Lipinski definition) is 7. The number of rotatable bonds is 4. The lowest BCUT2D eigenvalue weighted by molar-refractivity contribution is 0.102. The SMILES string of the molecule is COc1ccc(C(=O)Nc2ccc(F)c([C@]34COC[C@H]3S(=O)(=O)N(C)C(=N)N4)c2)nc1. The van der Waals surface area contributed by atoms with E-state index in [0.717, 1.165) is 10.4 Å². The van der Waals surface area contributed by atoms with Gasteiger partial charge in [0.2, 0.25) is 16.0 Å². The number of ether oxygens (including phenoxy) is 2. The summed E-state index contributed by atoms with van der Waals surface area (Å²) in [6.07, 6.45) is 1.39. The van der Waals surface area contributed by atoms with Crippen molar-refractivity contribution in [2.24, 2.45) is 0 Å². The smallest absolute Gasteiger partial charge is 0.274 e. The number of hydrogen-bond donors (Lipinski definition) is 3. The number of aromatic nitrogens is 1. The second-order valence-corrected chi connectivity index (χ2v) is 9.34. The molecule has 2 aliphatic heterocycles. The van der Waals surface area contributed by atoms with Crippen molar-refractivity contribution in [1.29, 1.82) is 5.41 Å². The maximum Gasteiger partial charge on any atom is 0.274 e. The predicted octanol–water partition coefficient (Wildman–Crippen LogP) is 0.875. The van der Waals surface area contributed by atoms with Crippen LogP contribution >= 0.6 is 0 Å². The van der Waals surface area contributed by atoms with Gasteiger partial charge < -0.3 is 20.1 Å². The minimum atomic E-state index is -3.95. The molecular formula is C19H20FN5O5S. The van der Waals surface area contributed by atoms with Crippen LogP contribution in [0.25, 0.3) is 0 Å². The van der Waals surface area contributed by atoms with Crippen molar-refractivity contribution in [2.45, 2.75) is 10.8 Å². The van der Waals surface area contributed by atoms with Gasteiger partial charge in [0.15, 0.2) is 0 Å². The zero-order valence-electron chi connectivity index (χ0n) is 16.7. The highest BCUT2D eigenvalue weighted by atomic mass is 32.2. The van der Waals surface area contributed by atoms with Crippen LogP contribution in [0.1, 0.15) is 16.1 Å². The van der Waals surface area contributed by atoms with Crippen LogP contribution < -0.4 is 15.4 Å². The fourth-order valence-electron chi connectivity index (χ4n) is 3.72. The van der Waals surface area contributed by atoms with Gasteiger partial charge in [-0.1, -0.05) is 0 Å². The minimum absolute atomic E-state index is 0.0167. The second kappa shape index (κ2) is 7.46. The average Bonchev–Trinajstić information content (AvgIpc) is 3.19. The molecule has 164 valence electrons. The minimum Gasteiger partial charge on any atom is -0.495 e. The Morgan fingerprint density at radius 3 is 2.87 bits per heavy atom. The van der Waals surface area contributed by atoms with E-state index in [4.69, 9.17) is 14.9 Å². The summed E-state index contributed by atoms with van der Waals surface area (Å²) in [6.45, 7) is -0.305. The number of nitrogens with zero attached hydrogens (tertiary/aromatic N) is 2. The first kappa shape index (κ1) is 21.0. The second-order valence-electron chi connectivity index (χ2n) is 7.19. The van der Waals surface area contributed by atoms with Crippen LogP contribution in [0.5, 0.6) is 5.75 Å². The van der Waals surface area contributed by atoms with E-state index in [-0.39, 0.29) is 30.2 Å². The van der Waals surface area contributed by atoms with Gasteiger partial charge in [-0.05, 0) is 30.3 Å². The normalized spacial score (nSPS) is 24.3. The van der Waals surface area contributed by atoms with Gasteiger partial charge in [-0.15, -0.1) is 0 Å². The zero-order chi connectivity index (χ0) is 22.4. The number of amides is 1. The molecule has 2 fully saturated rings. The number of carbonyl (C=O) groups excluding carboxylic acids is 1. The Morgan fingerprint density at radius 1 is 1.42 bits per heavy atom. The molecule has 0 saturated carbocycles. The van der Waals surface area contributed by atoms with Gasteiger partial charge in [0.05, 0.1) is 26.5 Å². The van der Waals surface area contributed by atoms with Gasteiger partial charge in [0, 0.05) is 18.3 Å². The summed E-state index contributed by atoms with van der Waals surface area (Å²) in [6, 6.07) is 6.89. The van der Waals surface area contributed by atoms with E-state index in [2.05, 4.69) is 15.6 Å². The molecule has 0 unspecified atom stereocenters. The van der Waals surface area contributed by atoms with Gasteiger partial charge in [-0.25, -0.2) is 22.1 Å². The van der Waals surface area contributed by atoms with E-state index < -0.39 is 38.5 Å². The highest BCUT2D eigenvalue weighted by Gasteiger charge is 2.59. The largest absolute Gasteiger partial charge is 0.495 e. The Labute approximate surface area is 177 Å². The summed E-state index contributed by atoms with van der Waals surface area (Å²) in [7, 11) is -1.22. The van der Waals surface area contributed by atoms with E-state index in [1.807, 2.05) is 0 Å². The summed E-state index contributed by atoms with van der Waals surface area (Å²) in [5.41, 5.74) is -1.15. The number of halogens is 1. The van der Waals surface area contributed by atoms with Crippen molar-refractivity contribution in [3.8, 4) is 5.75 Å². The van der Waals surface area contributed by atoms with Crippen LogP contribution in [0.4, 0.5) is 10.1 Å². The quantitative estimate of drug-likeness (QED) is 0.631.